The molecule has 6 atom stereocenters. The van der Waals surface area contributed by atoms with Crippen LogP contribution in [0.1, 0.15) is 47.5 Å². The van der Waals surface area contributed by atoms with Crippen LogP contribution in [0.3, 0.4) is 0 Å². The maximum Gasteiger partial charge on any atom is 0.434 e. The molecule has 0 N–H and O–H groups in total. The van der Waals surface area contributed by atoms with Crippen LogP contribution >= 0.6 is 0 Å². The van der Waals surface area contributed by atoms with Gasteiger partial charge < -0.3 is 14.2 Å². The van der Waals surface area contributed by atoms with Gasteiger partial charge in [0.25, 0.3) is 6.10 Å². The minimum absolute atomic E-state index is 0.0666. The average Bonchev–Trinajstić information content (AvgIpc) is 3.10. The van der Waals surface area contributed by atoms with Crippen LogP contribution < -0.4 is 0 Å². The van der Waals surface area contributed by atoms with Crippen LogP contribution in [0.5, 0.6) is 0 Å². The van der Waals surface area contributed by atoms with E-state index in [4.69, 9.17) is 9.47 Å². The third kappa shape index (κ3) is 4.83. The standard InChI is InChI=1S/C20H26F6O6/c1-8(2)10(4)14(27)30-11(5)13-12-6-9(3)7-18(12,16(28)31-13)17(29)32-15(19(21,22)23)20(24,25)26/h8-13,15H,6-7H2,1-5H3. The van der Waals surface area contributed by atoms with E-state index in [1.54, 1.807) is 27.7 Å². The second kappa shape index (κ2) is 8.74. The summed E-state index contributed by atoms with van der Waals surface area (Å²) in [5, 5.41) is 0. The third-order valence-electron chi connectivity index (χ3n) is 6.28. The summed E-state index contributed by atoms with van der Waals surface area (Å²) in [6.07, 6.45) is -18.7. The SMILES string of the molecule is CC1CC2C(C(C)OC(=O)C(C)C(C)C)OC(=O)C2(C(=O)OC(C(F)(F)F)C(F)(F)F)C1. The Labute approximate surface area is 180 Å². The Morgan fingerprint density at radius 2 is 1.56 bits per heavy atom. The molecule has 0 aromatic heterocycles. The summed E-state index contributed by atoms with van der Waals surface area (Å²) < 4.78 is 91.8. The van der Waals surface area contributed by atoms with Crippen LogP contribution in [-0.4, -0.2) is 48.6 Å². The lowest BCUT2D eigenvalue weighted by molar-refractivity contribution is -0.315. The highest BCUT2D eigenvalue weighted by atomic mass is 19.4. The highest BCUT2D eigenvalue weighted by Gasteiger charge is 2.70. The molecule has 0 spiro atoms. The van der Waals surface area contributed by atoms with Crippen molar-refractivity contribution in [1.82, 2.24) is 0 Å². The Kier molecular flexibility index (Phi) is 7.16. The number of hydrogen-bond donors (Lipinski definition) is 0. The van der Waals surface area contributed by atoms with Gasteiger partial charge >= 0.3 is 30.3 Å². The van der Waals surface area contributed by atoms with Crippen molar-refractivity contribution >= 4 is 17.9 Å². The van der Waals surface area contributed by atoms with E-state index in [0.717, 1.165) is 0 Å². The molecular weight excluding hydrogens is 450 g/mol. The zero-order valence-electron chi connectivity index (χ0n) is 18.2. The summed E-state index contributed by atoms with van der Waals surface area (Å²) in [7, 11) is 0. The molecule has 0 aromatic rings. The lowest BCUT2D eigenvalue weighted by Gasteiger charge is -2.29. The minimum atomic E-state index is -5.91. The van der Waals surface area contributed by atoms with Crippen molar-refractivity contribution in [2.45, 2.75) is 78.1 Å². The summed E-state index contributed by atoms with van der Waals surface area (Å²) in [5.41, 5.74) is -2.33. The highest BCUT2D eigenvalue weighted by Crippen LogP contribution is 2.56. The van der Waals surface area contributed by atoms with Crippen molar-refractivity contribution in [3.05, 3.63) is 0 Å². The second-order valence-corrected chi connectivity index (χ2v) is 9.04. The third-order valence-corrected chi connectivity index (χ3v) is 6.28. The monoisotopic (exact) mass is 476 g/mol. The number of alkyl halides is 6. The van der Waals surface area contributed by atoms with Crippen LogP contribution in [0.25, 0.3) is 0 Å². The maximum absolute atomic E-state index is 12.9. The lowest BCUT2D eigenvalue weighted by Crippen LogP contribution is -2.50. The van der Waals surface area contributed by atoms with Crippen LogP contribution in [0.2, 0.25) is 0 Å². The van der Waals surface area contributed by atoms with Gasteiger partial charge in [-0.3, -0.25) is 14.4 Å². The van der Waals surface area contributed by atoms with Gasteiger partial charge in [-0.05, 0) is 31.6 Å². The van der Waals surface area contributed by atoms with Crippen molar-refractivity contribution in [2.24, 2.45) is 29.1 Å². The summed E-state index contributed by atoms with van der Waals surface area (Å²) in [5.74, 6) is -5.89. The lowest BCUT2D eigenvalue weighted by atomic mass is 9.76. The zero-order chi connectivity index (χ0) is 24.8. The normalized spacial score (nSPS) is 30.2. The van der Waals surface area contributed by atoms with Gasteiger partial charge in [-0.2, -0.15) is 26.3 Å². The molecule has 0 amide bonds. The van der Waals surface area contributed by atoms with E-state index >= 15 is 0 Å². The number of cyclic esters (lactones) is 1. The number of rotatable bonds is 6. The topological polar surface area (TPSA) is 78.9 Å². The Morgan fingerprint density at radius 1 is 1.03 bits per heavy atom. The predicted octanol–water partition coefficient (Wildman–Crippen LogP) is 4.20. The second-order valence-electron chi connectivity index (χ2n) is 9.04. The van der Waals surface area contributed by atoms with E-state index < -0.39 is 71.7 Å². The van der Waals surface area contributed by atoms with Gasteiger partial charge in [-0.15, -0.1) is 0 Å². The predicted molar refractivity (Wildman–Crippen MR) is 95.7 cm³/mol. The Hall–Kier alpha value is -2.01. The number of fused-ring (bicyclic) bond motifs is 1. The molecule has 2 fully saturated rings. The van der Waals surface area contributed by atoms with Crippen molar-refractivity contribution < 1.29 is 54.9 Å². The molecule has 1 aliphatic heterocycles. The molecule has 6 nitrogen and oxygen atoms in total. The molecule has 2 aliphatic rings. The number of esters is 3. The first-order valence-electron chi connectivity index (χ1n) is 10.2. The molecule has 1 heterocycles. The Balaban J connectivity index is 2.31. The molecule has 32 heavy (non-hydrogen) atoms. The van der Waals surface area contributed by atoms with Gasteiger partial charge in [0.05, 0.1) is 5.92 Å². The Bertz CT molecular complexity index is 734. The van der Waals surface area contributed by atoms with Gasteiger partial charge in [0.2, 0.25) is 0 Å². The number of carbonyl (C=O) groups excluding carboxylic acids is 3. The summed E-state index contributed by atoms with van der Waals surface area (Å²) in [4.78, 5) is 37.6. The first-order valence-corrected chi connectivity index (χ1v) is 10.2. The molecule has 0 bridgehead atoms. The van der Waals surface area contributed by atoms with E-state index in [2.05, 4.69) is 4.74 Å². The Morgan fingerprint density at radius 3 is 2.03 bits per heavy atom. The van der Waals surface area contributed by atoms with E-state index in [-0.39, 0.29) is 18.8 Å². The fourth-order valence-corrected chi connectivity index (χ4v) is 4.28. The van der Waals surface area contributed by atoms with Crippen molar-refractivity contribution in [3.63, 3.8) is 0 Å². The van der Waals surface area contributed by atoms with Gasteiger partial charge in [0.15, 0.2) is 5.41 Å². The first-order chi connectivity index (χ1) is 14.4. The van der Waals surface area contributed by atoms with Crippen LogP contribution in [0, 0.1) is 29.1 Å². The summed E-state index contributed by atoms with van der Waals surface area (Å²) in [6, 6.07) is 0. The van der Waals surface area contributed by atoms with E-state index in [0.29, 0.717) is 0 Å². The first kappa shape index (κ1) is 26.2. The fraction of sp³-hybridized carbons (Fsp3) is 0.850. The van der Waals surface area contributed by atoms with E-state index in [1.807, 2.05) is 0 Å². The summed E-state index contributed by atoms with van der Waals surface area (Å²) in [6.45, 7) is 8.17. The maximum atomic E-state index is 12.9. The fourth-order valence-electron chi connectivity index (χ4n) is 4.28. The van der Waals surface area contributed by atoms with Gasteiger partial charge in [0, 0.05) is 5.92 Å². The molecule has 12 heteroatoms. The molecule has 2 rings (SSSR count). The molecule has 1 saturated heterocycles. The highest BCUT2D eigenvalue weighted by molar-refractivity contribution is 6.02. The summed E-state index contributed by atoms with van der Waals surface area (Å²) >= 11 is 0. The number of carbonyl (C=O) groups is 3. The number of ether oxygens (including phenoxy) is 3. The van der Waals surface area contributed by atoms with Crippen LogP contribution in [0.4, 0.5) is 26.3 Å². The molecule has 6 unspecified atom stereocenters. The zero-order valence-corrected chi connectivity index (χ0v) is 18.2. The number of halogens is 6. The minimum Gasteiger partial charge on any atom is -0.458 e. The van der Waals surface area contributed by atoms with E-state index in [1.165, 1.54) is 6.92 Å². The number of hydrogen-bond acceptors (Lipinski definition) is 6. The molecular formula is C20H26F6O6. The molecule has 0 radical (unpaired) electrons. The molecule has 1 saturated carbocycles. The van der Waals surface area contributed by atoms with Gasteiger partial charge in [-0.1, -0.05) is 27.7 Å². The van der Waals surface area contributed by atoms with Crippen molar-refractivity contribution in [1.29, 1.82) is 0 Å². The van der Waals surface area contributed by atoms with Gasteiger partial charge in [0.1, 0.15) is 12.2 Å². The van der Waals surface area contributed by atoms with Crippen LogP contribution in [-0.2, 0) is 28.6 Å². The quantitative estimate of drug-likeness (QED) is 0.248. The molecule has 1 aliphatic carbocycles. The molecule has 0 aromatic carbocycles. The largest absolute Gasteiger partial charge is 0.458 e. The van der Waals surface area contributed by atoms with Crippen molar-refractivity contribution in [3.8, 4) is 0 Å². The molecule has 184 valence electrons. The van der Waals surface area contributed by atoms with E-state index in [9.17, 15) is 40.7 Å². The average molecular weight is 476 g/mol. The van der Waals surface area contributed by atoms with Crippen LogP contribution in [0.15, 0.2) is 0 Å². The van der Waals surface area contributed by atoms with Gasteiger partial charge in [-0.25, -0.2) is 0 Å². The smallest absolute Gasteiger partial charge is 0.434 e. The van der Waals surface area contributed by atoms with Crippen molar-refractivity contribution in [2.75, 3.05) is 0 Å².